The number of para-hydroxylation sites is 1. The van der Waals surface area contributed by atoms with Crippen molar-refractivity contribution in [1.82, 2.24) is 0 Å². The van der Waals surface area contributed by atoms with Gasteiger partial charge in [-0.15, -0.1) is 0 Å². The Bertz CT molecular complexity index is 1090. The molecule has 0 saturated heterocycles. The largest absolute Gasteiger partial charge is 0.489 e. The summed E-state index contributed by atoms with van der Waals surface area (Å²) >= 11 is 2.42. The van der Waals surface area contributed by atoms with Crippen LogP contribution in [-0.2, 0) is 13.0 Å². The highest BCUT2D eigenvalue weighted by molar-refractivity contribution is 14.1. The summed E-state index contributed by atoms with van der Waals surface area (Å²) in [6.07, 6.45) is 1.02. The minimum absolute atomic E-state index is 0.576. The molecular weight excluding hydrogens is 469 g/mol. The highest BCUT2D eigenvalue weighted by atomic mass is 127. The minimum atomic E-state index is 0.576. The lowest BCUT2D eigenvalue weighted by atomic mass is 10.0. The first-order valence-corrected chi connectivity index (χ1v) is 10.9. The smallest absolute Gasteiger partial charge is 0.119 e. The van der Waals surface area contributed by atoms with Crippen LogP contribution >= 0.6 is 22.6 Å². The fraction of sp³-hybridized carbons (Fsp3) is 0.154. The van der Waals surface area contributed by atoms with Crippen LogP contribution in [0.3, 0.4) is 0 Å². The molecular formula is C26H24INO. The molecule has 0 spiro atoms. The predicted octanol–water partition coefficient (Wildman–Crippen LogP) is 6.70. The molecule has 4 aromatic carbocycles. The number of ether oxygens (including phenoxy) is 1. The molecule has 0 aromatic heterocycles. The van der Waals surface area contributed by atoms with E-state index in [0.29, 0.717) is 6.61 Å². The maximum atomic E-state index is 5.92. The number of fused-ring (bicyclic) bond motifs is 1. The molecule has 0 fully saturated rings. The van der Waals surface area contributed by atoms with Crippen LogP contribution in [0, 0.1) is 3.57 Å². The maximum absolute atomic E-state index is 5.92. The van der Waals surface area contributed by atoms with Crippen molar-refractivity contribution in [2.75, 3.05) is 18.5 Å². The summed E-state index contributed by atoms with van der Waals surface area (Å²) in [6, 6.07) is 31.8. The SMILES string of the molecule is CN(CCc1ccc2ccccc2c1)c1cc(COc2ccccc2)ccc1I. The van der Waals surface area contributed by atoms with Crippen molar-refractivity contribution in [3.8, 4) is 5.75 Å². The monoisotopic (exact) mass is 493 g/mol. The number of benzene rings is 4. The average molecular weight is 493 g/mol. The van der Waals surface area contributed by atoms with Crippen molar-refractivity contribution < 1.29 is 4.74 Å². The lowest BCUT2D eigenvalue weighted by Crippen LogP contribution is -2.21. The van der Waals surface area contributed by atoms with Crippen molar-refractivity contribution in [2.24, 2.45) is 0 Å². The molecule has 0 aliphatic heterocycles. The van der Waals surface area contributed by atoms with E-state index < -0.39 is 0 Å². The Morgan fingerprint density at radius 3 is 2.31 bits per heavy atom. The summed E-state index contributed by atoms with van der Waals surface area (Å²) in [5.74, 6) is 0.900. The van der Waals surface area contributed by atoms with Crippen molar-refractivity contribution in [1.29, 1.82) is 0 Å². The second-order valence-electron chi connectivity index (χ2n) is 7.24. The van der Waals surface area contributed by atoms with Crippen LogP contribution in [0.2, 0.25) is 0 Å². The number of halogens is 1. The van der Waals surface area contributed by atoms with Crippen molar-refractivity contribution in [2.45, 2.75) is 13.0 Å². The molecule has 4 rings (SSSR count). The summed E-state index contributed by atoms with van der Waals surface area (Å²) in [4.78, 5) is 2.34. The third kappa shape index (κ3) is 5.10. The Labute approximate surface area is 186 Å². The van der Waals surface area contributed by atoms with Gasteiger partial charge >= 0.3 is 0 Å². The van der Waals surface area contributed by atoms with Crippen LogP contribution in [0.1, 0.15) is 11.1 Å². The van der Waals surface area contributed by atoms with Gasteiger partial charge in [-0.25, -0.2) is 0 Å². The Morgan fingerprint density at radius 2 is 1.48 bits per heavy atom. The Balaban J connectivity index is 1.42. The standard InChI is InChI=1S/C26H24INO/c1-28(16-15-20-11-13-22-7-5-6-8-23(22)17-20)26-18-21(12-14-25(26)27)19-29-24-9-3-2-4-10-24/h2-14,17-18H,15-16,19H2,1H3. The molecule has 0 unspecified atom stereocenters. The zero-order chi connectivity index (χ0) is 20.1. The van der Waals surface area contributed by atoms with Gasteiger partial charge in [0.1, 0.15) is 12.4 Å². The first-order valence-electron chi connectivity index (χ1n) is 9.84. The molecule has 0 atom stereocenters. The second kappa shape index (κ2) is 9.31. The van der Waals surface area contributed by atoms with Crippen LogP contribution in [0.4, 0.5) is 5.69 Å². The van der Waals surface area contributed by atoms with Gasteiger partial charge in [-0.1, -0.05) is 66.7 Å². The van der Waals surface area contributed by atoms with E-state index in [4.69, 9.17) is 4.74 Å². The van der Waals surface area contributed by atoms with Gasteiger partial charge in [-0.3, -0.25) is 0 Å². The molecule has 0 saturated carbocycles. The van der Waals surface area contributed by atoms with Gasteiger partial charge in [-0.05, 0) is 75.2 Å². The highest BCUT2D eigenvalue weighted by Crippen LogP contribution is 2.25. The molecule has 4 aromatic rings. The average Bonchev–Trinajstić information content (AvgIpc) is 2.77. The summed E-state index contributed by atoms with van der Waals surface area (Å²) in [5, 5.41) is 2.60. The fourth-order valence-corrected chi connectivity index (χ4v) is 4.18. The molecule has 0 radical (unpaired) electrons. The lowest BCUT2D eigenvalue weighted by molar-refractivity contribution is 0.306. The van der Waals surface area contributed by atoms with E-state index in [0.717, 1.165) is 18.7 Å². The molecule has 0 heterocycles. The molecule has 2 nitrogen and oxygen atoms in total. The molecule has 0 aliphatic carbocycles. The second-order valence-corrected chi connectivity index (χ2v) is 8.40. The molecule has 0 amide bonds. The first-order chi connectivity index (χ1) is 14.2. The Morgan fingerprint density at radius 1 is 0.759 bits per heavy atom. The number of likely N-dealkylation sites (N-methyl/N-ethyl adjacent to an activating group) is 1. The van der Waals surface area contributed by atoms with E-state index in [2.05, 4.69) is 95.2 Å². The summed E-state index contributed by atoms with van der Waals surface area (Å²) in [7, 11) is 2.17. The van der Waals surface area contributed by atoms with Crippen molar-refractivity contribution in [3.63, 3.8) is 0 Å². The van der Waals surface area contributed by atoms with Crippen molar-refractivity contribution >= 4 is 39.1 Å². The van der Waals surface area contributed by atoms with E-state index in [9.17, 15) is 0 Å². The third-order valence-electron chi connectivity index (χ3n) is 5.12. The van der Waals surface area contributed by atoms with E-state index in [-0.39, 0.29) is 0 Å². The quantitative estimate of drug-likeness (QED) is 0.266. The zero-order valence-corrected chi connectivity index (χ0v) is 18.7. The Hall–Kier alpha value is -2.53. The van der Waals surface area contributed by atoms with E-state index in [1.807, 2.05) is 30.3 Å². The van der Waals surface area contributed by atoms with Crippen LogP contribution in [0.25, 0.3) is 10.8 Å². The number of anilines is 1. The zero-order valence-electron chi connectivity index (χ0n) is 16.5. The van der Waals surface area contributed by atoms with Gasteiger partial charge in [-0.2, -0.15) is 0 Å². The summed E-state index contributed by atoms with van der Waals surface area (Å²) in [6.45, 7) is 1.55. The maximum Gasteiger partial charge on any atom is 0.119 e. The number of nitrogens with zero attached hydrogens (tertiary/aromatic N) is 1. The normalized spacial score (nSPS) is 10.8. The van der Waals surface area contributed by atoms with Crippen LogP contribution < -0.4 is 9.64 Å². The van der Waals surface area contributed by atoms with Gasteiger partial charge in [0.25, 0.3) is 0 Å². The van der Waals surface area contributed by atoms with Gasteiger partial charge < -0.3 is 9.64 Å². The van der Waals surface area contributed by atoms with E-state index >= 15 is 0 Å². The van der Waals surface area contributed by atoms with Crippen LogP contribution in [0.5, 0.6) is 5.75 Å². The van der Waals surface area contributed by atoms with E-state index in [1.54, 1.807) is 0 Å². The first kappa shape index (κ1) is 19.8. The predicted molar refractivity (Wildman–Crippen MR) is 131 cm³/mol. The lowest BCUT2D eigenvalue weighted by Gasteiger charge is -2.22. The van der Waals surface area contributed by atoms with Gasteiger partial charge in [0.15, 0.2) is 0 Å². The third-order valence-corrected chi connectivity index (χ3v) is 6.03. The van der Waals surface area contributed by atoms with E-state index in [1.165, 1.54) is 31.2 Å². The van der Waals surface area contributed by atoms with Crippen LogP contribution in [0.15, 0.2) is 91.0 Å². The Kier molecular flexibility index (Phi) is 6.35. The molecule has 3 heteroatoms. The fourth-order valence-electron chi connectivity index (χ4n) is 3.44. The molecule has 29 heavy (non-hydrogen) atoms. The summed E-state index contributed by atoms with van der Waals surface area (Å²) < 4.78 is 7.17. The molecule has 0 N–H and O–H groups in total. The van der Waals surface area contributed by atoms with Crippen LogP contribution in [-0.4, -0.2) is 13.6 Å². The topological polar surface area (TPSA) is 12.5 Å². The number of hydrogen-bond donors (Lipinski definition) is 0. The molecule has 146 valence electrons. The molecule has 0 aliphatic rings. The minimum Gasteiger partial charge on any atom is -0.489 e. The number of rotatable bonds is 7. The van der Waals surface area contributed by atoms with Gasteiger partial charge in [0, 0.05) is 17.2 Å². The van der Waals surface area contributed by atoms with Crippen molar-refractivity contribution in [3.05, 3.63) is 106 Å². The van der Waals surface area contributed by atoms with Gasteiger partial charge in [0.05, 0.1) is 5.69 Å². The number of hydrogen-bond acceptors (Lipinski definition) is 2. The summed E-state index contributed by atoms with van der Waals surface area (Å²) in [5.41, 5.74) is 3.80. The molecule has 0 bridgehead atoms. The van der Waals surface area contributed by atoms with Gasteiger partial charge in [0.2, 0.25) is 0 Å². The highest BCUT2D eigenvalue weighted by Gasteiger charge is 2.08.